The maximum absolute atomic E-state index is 12.4. The van der Waals surface area contributed by atoms with Crippen LogP contribution in [0.4, 0.5) is 5.69 Å². The molecule has 0 saturated carbocycles. The molecule has 0 unspecified atom stereocenters. The van der Waals surface area contributed by atoms with E-state index >= 15 is 0 Å². The van der Waals surface area contributed by atoms with E-state index in [1.807, 2.05) is 54.6 Å². The second-order valence-corrected chi connectivity index (χ2v) is 7.79. The van der Waals surface area contributed by atoms with Crippen LogP contribution in [0.2, 0.25) is 5.02 Å². The lowest BCUT2D eigenvalue weighted by Crippen LogP contribution is -2.14. The third kappa shape index (κ3) is 3.88. The Labute approximate surface area is 171 Å². The second-order valence-electron chi connectivity index (χ2n) is 7.36. The molecule has 0 radical (unpaired) electrons. The van der Waals surface area contributed by atoms with Crippen molar-refractivity contribution in [2.75, 3.05) is 4.90 Å². The lowest BCUT2D eigenvalue weighted by molar-refractivity contribution is 0.104. The lowest BCUT2D eigenvalue weighted by Gasteiger charge is -2.17. The summed E-state index contributed by atoms with van der Waals surface area (Å²) in [5.74, 6) is -0.00235. The molecular formula is C25H22ClNO. The van der Waals surface area contributed by atoms with Gasteiger partial charge < -0.3 is 4.90 Å². The summed E-state index contributed by atoms with van der Waals surface area (Å²) in [6, 6.07) is 19.9. The van der Waals surface area contributed by atoms with Gasteiger partial charge in [-0.05, 0) is 84.1 Å². The second kappa shape index (κ2) is 7.65. The van der Waals surface area contributed by atoms with Crippen molar-refractivity contribution in [3.63, 3.8) is 0 Å². The summed E-state index contributed by atoms with van der Waals surface area (Å²) in [5.41, 5.74) is 8.27. The molecule has 0 aliphatic carbocycles. The first kappa shape index (κ1) is 18.5. The Kier molecular flexibility index (Phi) is 5.06. The Morgan fingerprint density at radius 1 is 0.893 bits per heavy atom. The number of allylic oxidation sites excluding steroid dienone is 1. The molecule has 4 rings (SSSR count). The summed E-state index contributed by atoms with van der Waals surface area (Å²) in [6.07, 6.45) is 3.42. The number of carbonyl (C=O) groups excluding carboxylic acids is 1. The largest absolute Gasteiger partial charge is 0.363 e. The fourth-order valence-corrected chi connectivity index (χ4v) is 3.68. The minimum atomic E-state index is -0.00235. The van der Waals surface area contributed by atoms with Crippen LogP contribution in [-0.2, 0) is 13.1 Å². The van der Waals surface area contributed by atoms with Crippen molar-refractivity contribution in [3.8, 4) is 0 Å². The van der Waals surface area contributed by atoms with Crippen molar-refractivity contribution in [2.45, 2.75) is 26.9 Å². The van der Waals surface area contributed by atoms with Crippen LogP contribution in [0.25, 0.3) is 6.08 Å². The maximum Gasteiger partial charge on any atom is 0.185 e. The molecule has 1 aliphatic rings. The number of anilines is 1. The minimum absolute atomic E-state index is 0.00235. The first-order chi connectivity index (χ1) is 13.5. The molecule has 0 saturated heterocycles. The number of nitrogens with zero attached hydrogens (tertiary/aromatic N) is 1. The Bertz CT molecular complexity index is 1020. The number of hydrogen-bond donors (Lipinski definition) is 0. The van der Waals surface area contributed by atoms with Gasteiger partial charge in [-0.1, -0.05) is 41.9 Å². The Morgan fingerprint density at radius 3 is 2.04 bits per heavy atom. The van der Waals surface area contributed by atoms with E-state index in [0.717, 1.165) is 24.3 Å². The average Bonchev–Trinajstić information content (AvgIpc) is 3.10. The van der Waals surface area contributed by atoms with Gasteiger partial charge in [0.15, 0.2) is 5.78 Å². The zero-order valence-electron chi connectivity index (χ0n) is 16.1. The van der Waals surface area contributed by atoms with Gasteiger partial charge in [0.2, 0.25) is 0 Å². The molecule has 3 aromatic rings. The average molecular weight is 388 g/mol. The van der Waals surface area contributed by atoms with Crippen LogP contribution in [0.5, 0.6) is 0 Å². The number of ketones is 1. The van der Waals surface area contributed by atoms with E-state index in [-0.39, 0.29) is 5.78 Å². The highest BCUT2D eigenvalue weighted by Gasteiger charge is 2.20. The highest BCUT2D eigenvalue weighted by Crippen LogP contribution is 2.30. The molecule has 0 fully saturated rings. The third-order valence-corrected chi connectivity index (χ3v) is 5.60. The van der Waals surface area contributed by atoms with Crippen molar-refractivity contribution in [2.24, 2.45) is 0 Å². The molecule has 0 amide bonds. The predicted octanol–water partition coefficient (Wildman–Crippen LogP) is 6.37. The van der Waals surface area contributed by atoms with E-state index in [0.29, 0.717) is 10.6 Å². The smallest absolute Gasteiger partial charge is 0.185 e. The van der Waals surface area contributed by atoms with E-state index in [4.69, 9.17) is 11.6 Å². The highest BCUT2D eigenvalue weighted by atomic mass is 35.5. The zero-order chi connectivity index (χ0) is 19.7. The van der Waals surface area contributed by atoms with Crippen molar-refractivity contribution < 1.29 is 4.79 Å². The Balaban J connectivity index is 1.45. The van der Waals surface area contributed by atoms with E-state index in [1.54, 1.807) is 6.08 Å². The van der Waals surface area contributed by atoms with Gasteiger partial charge in [0.05, 0.1) is 0 Å². The van der Waals surface area contributed by atoms with Crippen molar-refractivity contribution in [1.82, 2.24) is 0 Å². The summed E-state index contributed by atoms with van der Waals surface area (Å²) in [5, 5.41) is 0.688. The Morgan fingerprint density at radius 2 is 1.46 bits per heavy atom. The quantitative estimate of drug-likeness (QED) is 0.382. The molecular weight excluding hydrogens is 366 g/mol. The number of benzene rings is 3. The molecule has 28 heavy (non-hydrogen) atoms. The van der Waals surface area contributed by atoms with E-state index < -0.39 is 0 Å². The van der Waals surface area contributed by atoms with Crippen molar-refractivity contribution in [3.05, 3.63) is 105 Å². The fraction of sp³-hybridized carbons (Fsp3) is 0.160. The van der Waals surface area contributed by atoms with Crippen LogP contribution in [0.3, 0.4) is 0 Å². The van der Waals surface area contributed by atoms with E-state index in [1.165, 1.54) is 22.3 Å². The number of aryl methyl sites for hydroxylation is 2. The highest BCUT2D eigenvalue weighted by molar-refractivity contribution is 6.30. The van der Waals surface area contributed by atoms with Crippen LogP contribution in [0, 0.1) is 13.8 Å². The summed E-state index contributed by atoms with van der Waals surface area (Å²) in [6.45, 7) is 6.16. The molecule has 0 spiro atoms. The molecule has 0 atom stereocenters. The molecule has 3 heteroatoms. The fourth-order valence-electron chi connectivity index (χ4n) is 3.56. The molecule has 0 bridgehead atoms. The minimum Gasteiger partial charge on any atom is -0.363 e. The first-order valence-corrected chi connectivity index (χ1v) is 9.79. The van der Waals surface area contributed by atoms with Gasteiger partial charge in [0, 0.05) is 29.4 Å². The van der Waals surface area contributed by atoms with Gasteiger partial charge in [-0.3, -0.25) is 4.79 Å². The molecule has 2 nitrogen and oxygen atoms in total. The van der Waals surface area contributed by atoms with Gasteiger partial charge in [0.1, 0.15) is 0 Å². The number of rotatable bonds is 4. The van der Waals surface area contributed by atoms with Gasteiger partial charge >= 0.3 is 0 Å². The monoisotopic (exact) mass is 387 g/mol. The van der Waals surface area contributed by atoms with Gasteiger partial charge in [0.25, 0.3) is 0 Å². The first-order valence-electron chi connectivity index (χ1n) is 9.41. The molecule has 3 aromatic carbocycles. The van der Waals surface area contributed by atoms with Crippen molar-refractivity contribution in [1.29, 1.82) is 0 Å². The van der Waals surface area contributed by atoms with Crippen LogP contribution >= 0.6 is 11.6 Å². The van der Waals surface area contributed by atoms with Crippen LogP contribution in [0.15, 0.2) is 66.7 Å². The van der Waals surface area contributed by atoms with Gasteiger partial charge in [-0.25, -0.2) is 0 Å². The number of halogens is 1. The van der Waals surface area contributed by atoms with E-state index in [2.05, 4.69) is 30.9 Å². The topological polar surface area (TPSA) is 20.3 Å². The van der Waals surface area contributed by atoms with Crippen molar-refractivity contribution >= 4 is 29.1 Å². The predicted molar refractivity (Wildman–Crippen MR) is 117 cm³/mol. The molecule has 1 heterocycles. The number of fused-ring (bicyclic) bond motifs is 1. The molecule has 1 aliphatic heterocycles. The molecule has 0 aromatic heterocycles. The standard InChI is InChI=1S/C25H22ClNO/c1-17-13-21-15-27(16-22(21)14-18(17)2)24-10-6-20(7-11-24)25(28)12-5-19-3-8-23(26)9-4-19/h3-14H,15-16H2,1-2H3. The summed E-state index contributed by atoms with van der Waals surface area (Å²) in [7, 11) is 0. The van der Waals surface area contributed by atoms with Crippen LogP contribution in [0.1, 0.15) is 38.2 Å². The van der Waals surface area contributed by atoms with E-state index in [9.17, 15) is 4.79 Å². The van der Waals surface area contributed by atoms with Gasteiger partial charge in [-0.2, -0.15) is 0 Å². The number of carbonyl (C=O) groups is 1. The summed E-state index contributed by atoms with van der Waals surface area (Å²) in [4.78, 5) is 14.8. The van der Waals surface area contributed by atoms with Crippen LogP contribution < -0.4 is 4.90 Å². The SMILES string of the molecule is Cc1cc2c(cc1C)CN(c1ccc(C(=O)C=Cc3ccc(Cl)cc3)cc1)C2. The van der Waals surface area contributed by atoms with Gasteiger partial charge in [-0.15, -0.1) is 0 Å². The third-order valence-electron chi connectivity index (χ3n) is 5.35. The summed E-state index contributed by atoms with van der Waals surface area (Å²) < 4.78 is 0. The maximum atomic E-state index is 12.4. The Hall–Kier alpha value is -2.84. The zero-order valence-corrected chi connectivity index (χ0v) is 16.8. The molecule has 140 valence electrons. The number of hydrogen-bond acceptors (Lipinski definition) is 2. The lowest BCUT2D eigenvalue weighted by atomic mass is 10.0. The van der Waals surface area contributed by atoms with Crippen LogP contribution in [-0.4, -0.2) is 5.78 Å². The summed E-state index contributed by atoms with van der Waals surface area (Å²) >= 11 is 5.89. The molecule has 0 N–H and O–H groups in total. The normalized spacial score (nSPS) is 13.2.